The number of nitrogens with zero attached hydrogens (tertiary/aromatic N) is 4. The zero-order chi connectivity index (χ0) is 25.8. The maximum atomic E-state index is 13.2. The molecule has 36 heavy (non-hydrogen) atoms. The van der Waals surface area contributed by atoms with Crippen LogP contribution in [0.1, 0.15) is 30.5 Å². The van der Waals surface area contributed by atoms with E-state index in [-0.39, 0.29) is 28.4 Å². The second-order valence-corrected chi connectivity index (χ2v) is 8.48. The molecular formula is C25H23ClN4O6. The van der Waals surface area contributed by atoms with E-state index in [1.54, 1.807) is 37.8 Å². The second kappa shape index (κ2) is 10.6. The number of hydrogen-bond donors (Lipinski definition) is 1. The highest BCUT2D eigenvalue weighted by molar-refractivity contribution is 6.46. The number of aliphatic hydroxyl groups is 1. The van der Waals surface area contributed by atoms with Crippen LogP contribution in [0.5, 0.6) is 5.75 Å². The fourth-order valence-electron chi connectivity index (χ4n) is 4.18. The monoisotopic (exact) mass is 510 g/mol. The van der Waals surface area contributed by atoms with Gasteiger partial charge in [0.05, 0.1) is 34.5 Å². The average molecular weight is 511 g/mol. The SMILES string of the molecule is CCOc1ccc(/C(O)=C2\C(=O)C(=O)N(CCCn3ccnc3)[C@H]2c2cccc([N+](=O)[O-])c2)cc1Cl. The number of carbonyl (C=O) groups excluding carboxylic acids is 2. The number of imidazole rings is 1. The van der Waals surface area contributed by atoms with Crippen LogP contribution in [0, 0.1) is 10.1 Å². The Morgan fingerprint density at radius 2 is 2.03 bits per heavy atom. The Bertz CT molecular complexity index is 1340. The summed E-state index contributed by atoms with van der Waals surface area (Å²) in [7, 11) is 0. The first-order valence-corrected chi connectivity index (χ1v) is 11.6. The lowest BCUT2D eigenvalue weighted by Gasteiger charge is -2.25. The number of nitro groups is 1. The van der Waals surface area contributed by atoms with Crippen LogP contribution in [0.15, 0.2) is 66.8 Å². The van der Waals surface area contributed by atoms with Crippen LogP contribution in [-0.2, 0) is 16.1 Å². The number of hydrogen-bond acceptors (Lipinski definition) is 7. The number of aromatic nitrogens is 2. The summed E-state index contributed by atoms with van der Waals surface area (Å²) in [5, 5.41) is 22.8. The van der Waals surface area contributed by atoms with Crippen LogP contribution >= 0.6 is 11.6 Å². The van der Waals surface area contributed by atoms with Crippen molar-refractivity contribution in [3.05, 3.63) is 93.0 Å². The van der Waals surface area contributed by atoms with Crippen molar-refractivity contribution in [3.63, 3.8) is 0 Å². The van der Waals surface area contributed by atoms with Crippen molar-refractivity contribution in [2.75, 3.05) is 13.2 Å². The number of likely N-dealkylation sites (tertiary alicyclic amines) is 1. The third-order valence-corrected chi connectivity index (χ3v) is 6.11. The van der Waals surface area contributed by atoms with Gasteiger partial charge < -0.3 is 19.3 Å². The van der Waals surface area contributed by atoms with Gasteiger partial charge in [-0.3, -0.25) is 19.7 Å². The number of benzene rings is 2. The number of aryl methyl sites for hydroxylation is 1. The molecule has 1 N–H and O–H groups in total. The maximum absolute atomic E-state index is 13.2. The number of ether oxygens (including phenoxy) is 1. The Morgan fingerprint density at radius 3 is 2.69 bits per heavy atom. The third kappa shape index (κ3) is 4.94. The fraction of sp³-hybridized carbons (Fsp3) is 0.240. The third-order valence-electron chi connectivity index (χ3n) is 5.82. The molecule has 1 aliphatic heterocycles. The molecule has 10 nitrogen and oxygen atoms in total. The minimum atomic E-state index is -1.02. The van der Waals surface area contributed by atoms with Crippen LogP contribution in [0.3, 0.4) is 0 Å². The number of Topliss-reactive ketones (excluding diaryl/α,β-unsaturated/α-hetero) is 1. The summed E-state index contributed by atoms with van der Waals surface area (Å²) in [5.74, 6) is -1.69. The Morgan fingerprint density at radius 1 is 1.22 bits per heavy atom. The molecule has 186 valence electrons. The molecule has 2 aromatic carbocycles. The van der Waals surface area contributed by atoms with Crippen molar-refractivity contribution in [3.8, 4) is 5.75 Å². The van der Waals surface area contributed by atoms with Gasteiger partial charge in [-0.15, -0.1) is 0 Å². The zero-order valence-corrected chi connectivity index (χ0v) is 20.1. The van der Waals surface area contributed by atoms with E-state index < -0.39 is 28.4 Å². The van der Waals surface area contributed by atoms with Crippen LogP contribution in [0.25, 0.3) is 5.76 Å². The molecule has 1 fully saturated rings. The standard InChI is InChI=1S/C25H23ClN4O6/c1-2-36-20-8-7-17(14-19(20)26)23(31)21-22(16-5-3-6-18(13-16)30(34)35)29(25(33)24(21)32)11-4-10-28-12-9-27-15-28/h3,5-9,12-15,22,31H,2,4,10-11H2,1H3/b23-21+/t22-/m0/s1. The normalized spacial score (nSPS) is 16.9. The molecule has 1 saturated heterocycles. The summed E-state index contributed by atoms with van der Waals surface area (Å²) in [4.78, 5) is 42.4. The van der Waals surface area contributed by atoms with Gasteiger partial charge in [0.2, 0.25) is 0 Å². The highest BCUT2D eigenvalue weighted by Gasteiger charge is 2.46. The Kier molecular flexibility index (Phi) is 7.35. The van der Waals surface area contributed by atoms with Crippen molar-refractivity contribution in [1.82, 2.24) is 14.5 Å². The van der Waals surface area contributed by atoms with Crippen molar-refractivity contribution in [2.45, 2.75) is 25.9 Å². The van der Waals surface area contributed by atoms with E-state index in [2.05, 4.69) is 4.98 Å². The molecule has 1 atom stereocenters. The number of carbonyl (C=O) groups is 2. The molecule has 1 aromatic heterocycles. The quantitative estimate of drug-likeness (QED) is 0.149. The van der Waals surface area contributed by atoms with E-state index in [9.17, 15) is 24.8 Å². The topological polar surface area (TPSA) is 128 Å². The number of non-ortho nitro benzene ring substituents is 1. The molecule has 3 aromatic rings. The highest BCUT2D eigenvalue weighted by atomic mass is 35.5. The smallest absolute Gasteiger partial charge is 0.295 e. The number of ketones is 1. The predicted octanol–water partition coefficient (Wildman–Crippen LogP) is 4.36. The van der Waals surface area contributed by atoms with Gasteiger partial charge in [-0.25, -0.2) is 4.98 Å². The van der Waals surface area contributed by atoms with Gasteiger partial charge >= 0.3 is 0 Å². The molecule has 0 aliphatic carbocycles. The van der Waals surface area contributed by atoms with E-state index in [0.29, 0.717) is 30.9 Å². The summed E-state index contributed by atoms with van der Waals surface area (Å²) in [6.45, 7) is 2.91. The van der Waals surface area contributed by atoms with Crippen molar-refractivity contribution in [1.29, 1.82) is 0 Å². The van der Waals surface area contributed by atoms with Gasteiger partial charge in [0.15, 0.2) is 0 Å². The largest absolute Gasteiger partial charge is 0.507 e. The molecule has 0 spiro atoms. The summed E-state index contributed by atoms with van der Waals surface area (Å²) in [6.07, 6.45) is 5.55. The number of halogens is 1. The predicted molar refractivity (Wildman–Crippen MR) is 132 cm³/mol. The summed E-state index contributed by atoms with van der Waals surface area (Å²) in [6, 6.07) is 9.21. The second-order valence-electron chi connectivity index (χ2n) is 8.08. The van der Waals surface area contributed by atoms with Crippen LogP contribution < -0.4 is 4.74 Å². The summed E-state index contributed by atoms with van der Waals surface area (Å²) < 4.78 is 7.26. The van der Waals surface area contributed by atoms with Gasteiger partial charge in [0.25, 0.3) is 17.4 Å². The van der Waals surface area contributed by atoms with Gasteiger partial charge in [-0.2, -0.15) is 0 Å². The molecule has 1 amide bonds. The lowest BCUT2D eigenvalue weighted by atomic mass is 9.95. The van der Waals surface area contributed by atoms with Crippen molar-refractivity contribution < 1.29 is 24.4 Å². The maximum Gasteiger partial charge on any atom is 0.295 e. The molecule has 0 saturated carbocycles. The first-order chi connectivity index (χ1) is 17.3. The first kappa shape index (κ1) is 24.9. The van der Waals surface area contributed by atoms with E-state index >= 15 is 0 Å². The number of amides is 1. The van der Waals surface area contributed by atoms with E-state index in [1.165, 1.54) is 35.2 Å². The zero-order valence-electron chi connectivity index (χ0n) is 19.3. The van der Waals surface area contributed by atoms with Gasteiger partial charge in [-0.05, 0) is 37.1 Å². The molecule has 11 heteroatoms. The van der Waals surface area contributed by atoms with Crippen LogP contribution in [0.2, 0.25) is 5.02 Å². The molecule has 0 radical (unpaired) electrons. The Hall–Kier alpha value is -4.18. The summed E-state index contributed by atoms with van der Waals surface area (Å²) >= 11 is 6.28. The van der Waals surface area contributed by atoms with Gasteiger partial charge in [0, 0.05) is 43.2 Å². The van der Waals surface area contributed by atoms with Crippen molar-refractivity contribution >= 4 is 34.7 Å². The fourth-order valence-corrected chi connectivity index (χ4v) is 4.42. The van der Waals surface area contributed by atoms with Gasteiger partial charge in [0.1, 0.15) is 11.5 Å². The van der Waals surface area contributed by atoms with E-state index in [0.717, 1.165) is 0 Å². The molecule has 4 rings (SSSR count). The molecular weight excluding hydrogens is 488 g/mol. The van der Waals surface area contributed by atoms with E-state index in [1.807, 2.05) is 4.57 Å². The average Bonchev–Trinajstić information content (AvgIpc) is 3.47. The number of rotatable bonds is 9. The number of nitro benzene ring substituents is 1. The van der Waals surface area contributed by atoms with Crippen molar-refractivity contribution in [2.24, 2.45) is 0 Å². The lowest BCUT2D eigenvalue weighted by molar-refractivity contribution is -0.384. The van der Waals surface area contributed by atoms with Crippen LogP contribution in [-0.4, -0.2) is 49.3 Å². The lowest BCUT2D eigenvalue weighted by Crippen LogP contribution is -2.31. The minimum absolute atomic E-state index is 0.164. The Labute approximate surface area is 211 Å². The van der Waals surface area contributed by atoms with E-state index in [4.69, 9.17) is 16.3 Å². The molecule has 1 aliphatic rings. The molecule has 0 unspecified atom stereocenters. The molecule has 0 bridgehead atoms. The number of aliphatic hydroxyl groups excluding tert-OH is 1. The van der Waals surface area contributed by atoms with Crippen LogP contribution in [0.4, 0.5) is 5.69 Å². The Balaban J connectivity index is 1.77. The summed E-state index contributed by atoms with van der Waals surface area (Å²) in [5.41, 5.74) is 0.198. The first-order valence-electron chi connectivity index (χ1n) is 11.2. The van der Waals surface area contributed by atoms with Gasteiger partial charge in [-0.1, -0.05) is 23.7 Å². The highest BCUT2D eigenvalue weighted by Crippen LogP contribution is 2.41. The minimum Gasteiger partial charge on any atom is -0.507 e. The molecule has 2 heterocycles.